The molecule has 5 heteroatoms. The molecule has 0 fully saturated rings. The maximum Gasteiger partial charge on any atom is 0.220 e. The zero-order chi connectivity index (χ0) is 15.2. The van der Waals surface area contributed by atoms with E-state index >= 15 is 0 Å². The molecule has 0 bridgehead atoms. The molecule has 22 heavy (non-hydrogen) atoms. The molecule has 0 saturated heterocycles. The van der Waals surface area contributed by atoms with Crippen molar-refractivity contribution in [3.63, 3.8) is 0 Å². The number of aryl methyl sites for hydroxylation is 1. The van der Waals surface area contributed by atoms with Gasteiger partial charge in [0, 0.05) is 24.3 Å². The topological polar surface area (TPSA) is 42.0 Å². The lowest BCUT2D eigenvalue weighted by Gasteiger charge is -2.03. The van der Waals surface area contributed by atoms with E-state index < -0.39 is 0 Å². The minimum absolute atomic E-state index is 0.137. The van der Waals surface area contributed by atoms with Gasteiger partial charge in [-0.2, -0.15) is 0 Å². The highest BCUT2D eigenvalue weighted by Crippen LogP contribution is 2.21. The van der Waals surface area contributed by atoms with Crippen LogP contribution in [0.2, 0.25) is 0 Å². The van der Waals surface area contributed by atoms with Gasteiger partial charge in [-0.25, -0.2) is 4.98 Å². The summed E-state index contributed by atoms with van der Waals surface area (Å²) in [5.74, 6) is 0.137. The first-order valence-electron chi connectivity index (χ1n) is 7.45. The third-order valence-corrected chi connectivity index (χ3v) is 5.44. The van der Waals surface area contributed by atoms with Crippen LogP contribution in [0.25, 0.3) is 10.2 Å². The number of nitrogens with one attached hydrogen (secondary N) is 1. The van der Waals surface area contributed by atoms with Crippen LogP contribution in [0.5, 0.6) is 0 Å². The van der Waals surface area contributed by atoms with Gasteiger partial charge in [-0.15, -0.1) is 22.7 Å². The van der Waals surface area contributed by atoms with Crippen LogP contribution in [-0.2, 0) is 17.6 Å². The fourth-order valence-corrected chi connectivity index (χ4v) is 4.02. The first-order chi connectivity index (χ1) is 10.8. The number of amides is 1. The van der Waals surface area contributed by atoms with Gasteiger partial charge in [0.2, 0.25) is 5.91 Å². The molecule has 3 rings (SSSR count). The van der Waals surface area contributed by atoms with Crippen molar-refractivity contribution in [2.75, 3.05) is 6.54 Å². The van der Waals surface area contributed by atoms with Crippen molar-refractivity contribution in [2.24, 2.45) is 0 Å². The summed E-state index contributed by atoms with van der Waals surface area (Å²) in [6.45, 7) is 0.664. The number of hydrogen-bond donors (Lipinski definition) is 1. The number of carbonyl (C=O) groups is 1. The predicted molar refractivity (Wildman–Crippen MR) is 93.6 cm³/mol. The van der Waals surface area contributed by atoms with Crippen molar-refractivity contribution in [3.05, 3.63) is 51.7 Å². The Labute approximate surface area is 138 Å². The molecule has 2 aromatic heterocycles. The second-order valence-corrected chi connectivity index (χ2v) is 7.26. The van der Waals surface area contributed by atoms with E-state index in [0.29, 0.717) is 13.0 Å². The molecule has 3 nitrogen and oxygen atoms in total. The average molecular weight is 330 g/mol. The molecule has 0 aliphatic rings. The van der Waals surface area contributed by atoms with E-state index in [1.165, 1.54) is 9.58 Å². The maximum atomic E-state index is 11.8. The molecule has 1 N–H and O–H groups in total. The average Bonchev–Trinajstić information content (AvgIpc) is 3.15. The lowest BCUT2D eigenvalue weighted by molar-refractivity contribution is -0.121. The number of para-hydroxylation sites is 1. The number of aromatic nitrogens is 1. The number of rotatable bonds is 7. The van der Waals surface area contributed by atoms with Crippen LogP contribution >= 0.6 is 22.7 Å². The lowest BCUT2D eigenvalue weighted by atomic mass is 10.2. The Hall–Kier alpha value is -1.72. The van der Waals surface area contributed by atoms with E-state index in [1.54, 1.807) is 22.7 Å². The predicted octanol–water partition coefficient (Wildman–Crippen LogP) is 4.04. The SMILES string of the molecule is O=C(CCCc1cccs1)NCCc1nc2ccccc2s1. The van der Waals surface area contributed by atoms with Crippen LogP contribution < -0.4 is 5.32 Å². The normalized spacial score (nSPS) is 10.9. The Morgan fingerprint density at radius 1 is 1.14 bits per heavy atom. The number of fused-ring (bicyclic) bond motifs is 1. The number of thiazole rings is 1. The molecular weight excluding hydrogens is 312 g/mol. The van der Waals surface area contributed by atoms with Gasteiger partial charge in [-0.3, -0.25) is 4.79 Å². The Morgan fingerprint density at radius 3 is 2.86 bits per heavy atom. The summed E-state index contributed by atoms with van der Waals surface area (Å²) in [6.07, 6.45) is 3.30. The third-order valence-electron chi connectivity index (χ3n) is 3.41. The van der Waals surface area contributed by atoms with Crippen LogP contribution in [0.15, 0.2) is 41.8 Å². The Balaban J connectivity index is 1.38. The summed E-state index contributed by atoms with van der Waals surface area (Å²) < 4.78 is 1.21. The molecule has 0 radical (unpaired) electrons. The zero-order valence-electron chi connectivity index (χ0n) is 12.2. The van der Waals surface area contributed by atoms with Crippen LogP contribution in [-0.4, -0.2) is 17.4 Å². The van der Waals surface area contributed by atoms with Gasteiger partial charge in [-0.05, 0) is 36.4 Å². The molecule has 114 valence electrons. The minimum Gasteiger partial charge on any atom is -0.356 e. The van der Waals surface area contributed by atoms with Gasteiger partial charge >= 0.3 is 0 Å². The fraction of sp³-hybridized carbons (Fsp3) is 0.294. The highest BCUT2D eigenvalue weighted by molar-refractivity contribution is 7.18. The Morgan fingerprint density at radius 2 is 2.05 bits per heavy atom. The quantitative estimate of drug-likeness (QED) is 0.710. The van der Waals surface area contributed by atoms with E-state index in [0.717, 1.165) is 29.8 Å². The third kappa shape index (κ3) is 4.15. The van der Waals surface area contributed by atoms with Crippen molar-refractivity contribution in [2.45, 2.75) is 25.7 Å². The first-order valence-corrected chi connectivity index (χ1v) is 9.14. The molecule has 0 atom stereocenters. The van der Waals surface area contributed by atoms with Gasteiger partial charge in [0.15, 0.2) is 0 Å². The second-order valence-electron chi connectivity index (χ2n) is 5.11. The van der Waals surface area contributed by atoms with E-state index in [4.69, 9.17) is 0 Å². The molecule has 0 saturated carbocycles. The van der Waals surface area contributed by atoms with E-state index in [-0.39, 0.29) is 5.91 Å². The number of carbonyl (C=O) groups excluding carboxylic acids is 1. The van der Waals surface area contributed by atoms with Crippen molar-refractivity contribution in [1.82, 2.24) is 10.3 Å². The number of benzene rings is 1. The van der Waals surface area contributed by atoms with Crippen molar-refractivity contribution >= 4 is 38.8 Å². The number of hydrogen-bond acceptors (Lipinski definition) is 4. The van der Waals surface area contributed by atoms with E-state index in [2.05, 4.69) is 33.9 Å². The molecule has 1 aromatic carbocycles. The fourth-order valence-electron chi connectivity index (χ4n) is 2.30. The molecular formula is C17H18N2OS2. The standard InChI is InChI=1S/C17H18N2OS2/c20-16(9-3-5-13-6-4-12-21-13)18-11-10-17-19-14-7-1-2-8-15(14)22-17/h1-2,4,6-8,12H,3,5,9-11H2,(H,18,20). The lowest BCUT2D eigenvalue weighted by Crippen LogP contribution is -2.25. The van der Waals surface area contributed by atoms with Crippen molar-refractivity contribution < 1.29 is 4.79 Å². The molecule has 3 aromatic rings. The number of thiophene rings is 1. The van der Waals surface area contributed by atoms with Gasteiger partial charge in [0.25, 0.3) is 0 Å². The zero-order valence-corrected chi connectivity index (χ0v) is 13.9. The second kappa shape index (κ2) is 7.51. The van der Waals surface area contributed by atoms with Crippen LogP contribution in [0, 0.1) is 0 Å². The molecule has 0 aliphatic heterocycles. The monoisotopic (exact) mass is 330 g/mol. The Kier molecular flexibility index (Phi) is 5.19. The molecule has 0 spiro atoms. The van der Waals surface area contributed by atoms with Gasteiger partial charge in [-0.1, -0.05) is 18.2 Å². The molecule has 2 heterocycles. The van der Waals surface area contributed by atoms with E-state index in [9.17, 15) is 4.79 Å². The van der Waals surface area contributed by atoms with Crippen LogP contribution in [0.3, 0.4) is 0 Å². The largest absolute Gasteiger partial charge is 0.356 e. The summed E-state index contributed by atoms with van der Waals surface area (Å²) >= 11 is 3.46. The highest BCUT2D eigenvalue weighted by atomic mass is 32.1. The van der Waals surface area contributed by atoms with Crippen molar-refractivity contribution in [1.29, 1.82) is 0 Å². The number of nitrogens with zero attached hydrogens (tertiary/aromatic N) is 1. The maximum absolute atomic E-state index is 11.8. The van der Waals surface area contributed by atoms with Gasteiger partial charge in [0.1, 0.15) is 0 Å². The van der Waals surface area contributed by atoms with Crippen LogP contribution in [0.4, 0.5) is 0 Å². The summed E-state index contributed by atoms with van der Waals surface area (Å²) in [4.78, 5) is 17.7. The summed E-state index contributed by atoms with van der Waals surface area (Å²) in [5.41, 5.74) is 1.05. The molecule has 0 unspecified atom stereocenters. The Bertz CT molecular complexity index is 701. The molecule has 0 aliphatic carbocycles. The molecule has 1 amide bonds. The summed E-state index contributed by atoms with van der Waals surface area (Å²) in [5, 5.41) is 6.15. The minimum atomic E-state index is 0.137. The van der Waals surface area contributed by atoms with Crippen molar-refractivity contribution in [3.8, 4) is 0 Å². The van der Waals surface area contributed by atoms with Crippen LogP contribution in [0.1, 0.15) is 22.7 Å². The van der Waals surface area contributed by atoms with Gasteiger partial charge < -0.3 is 5.32 Å². The smallest absolute Gasteiger partial charge is 0.220 e. The van der Waals surface area contributed by atoms with E-state index in [1.807, 2.05) is 18.2 Å². The first kappa shape index (κ1) is 15.2. The summed E-state index contributed by atoms with van der Waals surface area (Å²) in [6, 6.07) is 12.3. The van der Waals surface area contributed by atoms with Gasteiger partial charge in [0.05, 0.1) is 15.2 Å². The highest BCUT2D eigenvalue weighted by Gasteiger charge is 2.05. The summed E-state index contributed by atoms with van der Waals surface area (Å²) in [7, 11) is 0.